The van der Waals surface area contributed by atoms with Crippen LogP contribution in [-0.4, -0.2) is 29.8 Å². The first-order valence-electron chi connectivity index (χ1n) is 7.14. The molecule has 1 aromatic rings. The molecular formula is C14H21BrN2O2S. The van der Waals surface area contributed by atoms with Gasteiger partial charge in [0.15, 0.2) is 0 Å². The summed E-state index contributed by atoms with van der Waals surface area (Å²) in [6.45, 7) is 6.21. The lowest BCUT2D eigenvalue weighted by Crippen LogP contribution is -2.38. The van der Waals surface area contributed by atoms with Crippen LogP contribution in [0.25, 0.3) is 0 Å². The molecule has 20 heavy (non-hydrogen) atoms. The number of ether oxygens (including phenoxy) is 2. The van der Waals surface area contributed by atoms with Crippen LogP contribution in [0.5, 0.6) is 0 Å². The van der Waals surface area contributed by atoms with Crippen molar-refractivity contribution in [1.29, 1.82) is 0 Å². The highest BCUT2D eigenvalue weighted by molar-refractivity contribution is 9.10. The molecule has 0 saturated carbocycles. The van der Waals surface area contributed by atoms with Crippen molar-refractivity contribution in [3.63, 3.8) is 0 Å². The van der Waals surface area contributed by atoms with Crippen LogP contribution in [0.3, 0.4) is 0 Å². The highest BCUT2D eigenvalue weighted by Crippen LogP contribution is 2.35. The number of nitrogens with one attached hydrogen (secondary N) is 1. The Morgan fingerprint density at radius 2 is 2.10 bits per heavy atom. The Bertz CT molecular complexity index is 507. The lowest BCUT2D eigenvalue weighted by molar-refractivity contribution is -0.118. The Morgan fingerprint density at radius 3 is 2.70 bits per heavy atom. The third-order valence-electron chi connectivity index (χ3n) is 3.59. The van der Waals surface area contributed by atoms with Crippen molar-refractivity contribution >= 4 is 28.1 Å². The monoisotopic (exact) mass is 360 g/mol. The van der Waals surface area contributed by atoms with E-state index < -0.39 is 0 Å². The van der Waals surface area contributed by atoms with Crippen molar-refractivity contribution in [2.45, 2.75) is 45.1 Å². The Hall–Kier alpha value is -0.300. The Kier molecular flexibility index (Phi) is 5.72. The van der Waals surface area contributed by atoms with Crippen LogP contribution in [0.15, 0.2) is 4.47 Å². The summed E-state index contributed by atoms with van der Waals surface area (Å²) in [4.78, 5) is 8.01. The molecular weight excluding hydrogens is 340 g/mol. The molecule has 0 spiro atoms. The molecule has 1 aromatic heterocycles. The van der Waals surface area contributed by atoms with Crippen LogP contribution in [0.1, 0.15) is 44.6 Å². The van der Waals surface area contributed by atoms with Gasteiger partial charge in [0, 0.05) is 38.4 Å². The minimum atomic E-state index is -0.385. The van der Waals surface area contributed by atoms with Gasteiger partial charge in [0.1, 0.15) is 16.1 Å². The maximum atomic E-state index is 6.05. The molecule has 2 rings (SSSR count). The molecule has 112 valence electrons. The number of nitrogens with zero attached hydrogens (tertiary/aromatic N) is 1. The fraction of sp³-hybridized carbons (Fsp3) is 0.714. The SMILES string of the molecule is CCCc1[nH]c(C2(OCC)CCOCC2)nc(=S)c1Br. The van der Waals surface area contributed by atoms with E-state index in [-0.39, 0.29) is 5.60 Å². The van der Waals surface area contributed by atoms with Gasteiger partial charge in [0.25, 0.3) is 0 Å². The van der Waals surface area contributed by atoms with Gasteiger partial charge in [0.2, 0.25) is 0 Å². The zero-order chi connectivity index (χ0) is 14.6. The first kappa shape index (κ1) is 16.1. The fourth-order valence-electron chi connectivity index (χ4n) is 2.57. The summed E-state index contributed by atoms with van der Waals surface area (Å²) in [5, 5.41) is 0. The van der Waals surface area contributed by atoms with E-state index in [2.05, 4.69) is 32.8 Å². The topological polar surface area (TPSA) is 47.1 Å². The third kappa shape index (κ3) is 3.30. The second-order valence-corrected chi connectivity index (χ2v) is 6.15. The summed E-state index contributed by atoms with van der Waals surface area (Å²) >= 11 is 8.91. The average Bonchev–Trinajstić information content (AvgIpc) is 2.45. The summed E-state index contributed by atoms with van der Waals surface area (Å²) in [5.41, 5.74) is 0.720. The number of H-pyrrole nitrogens is 1. The van der Waals surface area contributed by atoms with Gasteiger partial charge in [-0.2, -0.15) is 0 Å². The fourth-order valence-corrected chi connectivity index (χ4v) is 3.17. The van der Waals surface area contributed by atoms with Crippen molar-refractivity contribution in [3.8, 4) is 0 Å². The number of hydrogen-bond donors (Lipinski definition) is 1. The van der Waals surface area contributed by atoms with E-state index in [4.69, 9.17) is 21.7 Å². The van der Waals surface area contributed by atoms with Gasteiger partial charge in [-0.1, -0.05) is 25.6 Å². The van der Waals surface area contributed by atoms with E-state index in [9.17, 15) is 0 Å². The summed E-state index contributed by atoms with van der Waals surface area (Å²) in [6, 6.07) is 0. The molecule has 6 heteroatoms. The molecule has 0 aliphatic carbocycles. The van der Waals surface area contributed by atoms with Crippen LogP contribution >= 0.6 is 28.1 Å². The lowest BCUT2D eigenvalue weighted by Gasteiger charge is -2.36. The number of aryl methyl sites for hydroxylation is 1. The van der Waals surface area contributed by atoms with Crippen molar-refractivity contribution in [2.24, 2.45) is 0 Å². The van der Waals surface area contributed by atoms with E-state index in [0.717, 1.165) is 41.7 Å². The smallest absolute Gasteiger partial charge is 0.144 e. The number of aromatic nitrogens is 2. The van der Waals surface area contributed by atoms with Crippen LogP contribution in [0, 0.1) is 4.64 Å². The predicted octanol–water partition coefficient (Wildman–Crippen LogP) is 3.90. The summed E-state index contributed by atoms with van der Waals surface area (Å²) in [5.74, 6) is 0.847. The van der Waals surface area contributed by atoms with Gasteiger partial charge in [-0.15, -0.1) is 0 Å². The van der Waals surface area contributed by atoms with Gasteiger partial charge >= 0.3 is 0 Å². The number of halogens is 1. The Morgan fingerprint density at radius 1 is 1.40 bits per heavy atom. The van der Waals surface area contributed by atoms with Gasteiger partial charge in [-0.3, -0.25) is 0 Å². The summed E-state index contributed by atoms with van der Waals surface area (Å²) in [7, 11) is 0. The van der Waals surface area contributed by atoms with Crippen molar-refractivity contribution in [3.05, 3.63) is 20.6 Å². The quantitative estimate of drug-likeness (QED) is 0.809. The summed E-state index contributed by atoms with van der Waals surface area (Å²) < 4.78 is 13.0. The van der Waals surface area contributed by atoms with Crippen molar-refractivity contribution in [1.82, 2.24) is 9.97 Å². The molecule has 1 aliphatic heterocycles. The number of hydrogen-bond acceptors (Lipinski definition) is 4. The van der Waals surface area contributed by atoms with E-state index in [1.807, 2.05) is 6.92 Å². The minimum absolute atomic E-state index is 0.385. The summed E-state index contributed by atoms with van der Waals surface area (Å²) in [6.07, 6.45) is 3.62. The van der Waals surface area contributed by atoms with E-state index in [1.54, 1.807) is 0 Å². The molecule has 0 amide bonds. The average molecular weight is 361 g/mol. The first-order chi connectivity index (χ1) is 9.63. The second kappa shape index (κ2) is 7.11. The lowest BCUT2D eigenvalue weighted by atomic mass is 9.92. The Labute approximate surface area is 133 Å². The Balaban J connectivity index is 2.45. The van der Waals surface area contributed by atoms with Gasteiger partial charge in [0.05, 0.1) is 4.47 Å². The maximum absolute atomic E-state index is 6.05. The second-order valence-electron chi connectivity index (χ2n) is 4.97. The molecule has 2 heterocycles. The molecule has 1 fully saturated rings. The largest absolute Gasteiger partial charge is 0.381 e. The predicted molar refractivity (Wildman–Crippen MR) is 84.5 cm³/mol. The molecule has 0 unspecified atom stereocenters. The first-order valence-corrected chi connectivity index (χ1v) is 8.34. The van der Waals surface area contributed by atoms with Crippen LogP contribution < -0.4 is 0 Å². The molecule has 0 atom stereocenters. The molecule has 0 aromatic carbocycles. The molecule has 1 saturated heterocycles. The molecule has 0 radical (unpaired) electrons. The van der Waals surface area contributed by atoms with Crippen LogP contribution in [-0.2, 0) is 21.5 Å². The van der Waals surface area contributed by atoms with Crippen molar-refractivity contribution in [2.75, 3.05) is 19.8 Å². The minimum Gasteiger partial charge on any atom is -0.381 e. The van der Waals surface area contributed by atoms with E-state index in [0.29, 0.717) is 24.5 Å². The van der Waals surface area contributed by atoms with Gasteiger partial charge in [-0.25, -0.2) is 4.98 Å². The highest BCUT2D eigenvalue weighted by Gasteiger charge is 2.38. The zero-order valence-electron chi connectivity index (χ0n) is 12.0. The van der Waals surface area contributed by atoms with Crippen LogP contribution in [0.2, 0.25) is 0 Å². The van der Waals surface area contributed by atoms with E-state index >= 15 is 0 Å². The van der Waals surface area contributed by atoms with Gasteiger partial charge in [-0.05, 0) is 29.3 Å². The van der Waals surface area contributed by atoms with E-state index in [1.165, 1.54) is 0 Å². The molecule has 0 bridgehead atoms. The standard InChI is InChI=1S/C14H21BrN2O2S/c1-3-5-10-11(15)12(20)17-13(16-10)14(19-4-2)6-8-18-9-7-14/h3-9H2,1-2H3,(H,16,17,20). The van der Waals surface area contributed by atoms with Gasteiger partial charge < -0.3 is 14.5 Å². The number of rotatable bonds is 5. The van der Waals surface area contributed by atoms with Crippen LogP contribution in [0.4, 0.5) is 0 Å². The maximum Gasteiger partial charge on any atom is 0.144 e. The highest BCUT2D eigenvalue weighted by atomic mass is 79.9. The zero-order valence-corrected chi connectivity index (χ0v) is 14.4. The van der Waals surface area contributed by atoms with Crippen molar-refractivity contribution < 1.29 is 9.47 Å². The molecule has 4 nitrogen and oxygen atoms in total. The third-order valence-corrected chi connectivity index (χ3v) is 5.00. The molecule has 1 aliphatic rings. The normalized spacial score (nSPS) is 18.1. The molecule has 1 N–H and O–H groups in total. The number of aromatic amines is 1.